The van der Waals surface area contributed by atoms with Crippen molar-refractivity contribution in [3.05, 3.63) is 58.5 Å². The molecule has 2 aromatic carbocycles. The molecule has 5 rings (SSSR count). The second kappa shape index (κ2) is 9.37. The number of carbonyl (C=O) groups excluding carboxylic acids is 1. The number of hydrogen-bond acceptors (Lipinski definition) is 7. The number of fused-ring (bicyclic) bond motifs is 2. The zero-order chi connectivity index (χ0) is 23.8. The zero-order valence-corrected chi connectivity index (χ0v) is 21.3. The Morgan fingerprint density at radius 3 is 2.65 bits per heavy atom. The highest BCUT2D eigenvalue weighted by atomic mass is 32.1. The third-order valence-electron chi connectivity index (χ3n) is 6.20. The Morgan fingerprint density at radius 1 is 1.09 bits per heavy atom. The van der Waals surface area contributed by atoms with Crippen LogP contribution in [0, 0.1) is 0 Å². The maximum Gasteiger partial charge on any atom is 0.260 e. The highest BCUT2D eigenvalue weighted by Crippen LogP contribution is 2.46. The van der Waals surface area contributed by atoms with Crippen LogP contribution in [-0.4, -0.2) is 42.6 Å². The minimum Gasteiger partial charge on any atom is -0.493 e. The van der Waals surface area contributed by atoms with Crippen LogP contribution in [0.1, 0.15) is 34.6 Å². The molecular formula is C26H27N3O3S2. The van der Waals surface area contributed by atoms with E-state index in [1.165, 1.54) is 10.4 Å². The number of para-hydroxylation sites is 2. The molecule has 0 aliphatic carbocycles. The summed E-state index contributed by atoms with van der Waals surface area (Å²) in [5.74, 6) is 0.730. The Bertz CT molecular complexity index is 1330. The fourth-order valence-corrected chi connectivity index (χ4v) is 6.77. The van der Waals surface area contributed by atoms with Crippen molar-refractivity contribution >= 4 is 43.8 Å². The van der Waals surface area contributed by atoms with Gasteiger partial charge < -0.3 is 14.8 Å². The molecule has 4 aromatic rings. The smallest absolute Gasteiger partial charge is 0.260 e. The maximum atomic E-state index is 13.4. The summed E-state index contributed by atoms with van der Waals surface area (Å²) in [6.45, 7) is 6.33. The van der Waals surface area contributed by atoms with Gasteiger partial charge in [0.05, 0.1) is 30.0 Å². The van der Waals surface area contributed by atoms with E-state index in [1.54, 1.807) is 55.1 Å². The van der Waals surface area contributed by atoms with Gasteiger partial charge in [0.25, 0.3) is 5.91 Å². The lowest BCUT2D eigenvalue weighted by Crippen LogP contribution is -2.35. The number of ether oxygens (including phenoxy) is 2. The van der Waals surface area contributed by atoms with Crippen molar-refractivity contribution in [3.8, 4) is 22.1 Å². The molecule has 3 heterocycles. The van der Waals surface area contributed by atoms with Crippen LogP contribution in [0.3, 0.4) is 0 Å². The molecule has 1 aliphatic heterocycles. The molecule has 0 bridgehead atoms. The number of thiophene rings is 1. The van der Waals surface area contributed by atoms with Gasteiger partial charge in [0.2, 0.25) is 0 Å². The summed E-state index contributed by atoms with van der Waals surface area (Å²) in [7, 11) is 3.12. The first-order valence-corrected chi connectivity index (χ1v) is 12.9. The van der Waals surface area contributed by atoms with Crippen LogP contribution in [-0.2, 0) is 13.0 Å². The lowest BCUT2D eigenvalue weighted by molar-refractivity contribution is 0.102. The maximum absolute atomic E-state index is 13.4. The van der Waals surface area contributed by atoms with Crippen LogP contribution in [0.5, 0.6) is 11.5 Å². The molecule has 0 spiro atoms. The van der Waals surface area contributed by atoms with Crippen LogP contribution < -0.4 is 14.8 Å². The van der Waals surface area contributed by atoms with E-state index in [0.29, 0.717) is 23.1 Å². The predicted molar refractivity (Wildman–Crippen MR) is 140 cm³/mol. The van der Waals surface area contributed by atoms with Gasteiger partial charge in [-0.3, -0.25) is 9.69 Å². The van der Waals surface area contributed by atoms with Crippen LogP contribution >= 0.6 is 22.7 Å². The predicted octanol–water partition coefficient (Wildman–Crippen LogP) is 6.06. The van der Waals surface area contributed by atoms with Crippen LogP contribution in [0.25, 0.3) is 20.8 Å². The molecule has 1 amide bonds. The van der Waals surface area contributed by atoms with Gasteiger partial charge in [-0.25, -0.2) is 4.98 Å². The van der Waals surface area contributed by atoms with E-state index in [-0.39, 0.29) is 5.91 Å². The van der Waals surface area contributed by atoms with Crippen molar-refractivity contribution in [3.63, 3.8) is 0 Å². The average Bonchev–Trinajstić information content (AvgIpc) is 3.43. The summed E-state index contributed by atoms with van der Waals surface area (Å²) in [6, 6.07) is 14.0. The summed E-state index contributed by atoms with van der Waals surface area (Å²) >= 11 is 3.33. The molecule has 2 aromatic heterocycles. The van der Waals surface area contributed by atoms with E-state index >= 15 is 0 Å². The van der Waals surface area contributed by atoms with Crippen LogP contribution in [0.4, 0.5) is 5.00 Å². The molecule has 6 nitrogen and oxygen atoms in total. The average molecular weight is 494 g/mol. The summed E-state index contributed by atoms with van der Waals surface area (Å²) in [5, 5.41) is 4.98. The Hall–Kier alpha value is -2.94. The minimum atomic E-state index is -0.225. The quantitative estimate of drug-likeness (QED) is 0.354. The summed E-state index contributed by atoms with van der Waals surface area (Å²) in [5.41, 5.74) is 3.77. The largest absolute Gasteiger partial charge is 0.493 e. The SMILES string of the molecule is COc1cccc(C(=O)Nc2sc3c(c2-c2nc4ccccc4s2)CCN(C(C)C)C3)c1OC. The number of rotatable bonds is 6. The fourth-order valence-electron chi connectivity index (χ4n) is 4.39. The molecule has 0 radical (unpaired) electrons. The number of methoxy groups -OCH3 is 2. The number of amides is 1. The molecule has 0 saturated carbocycles. The zero-order valence-electron chi connectivity index (χ0n) is 19.7. The highest BCUT2D eigenvalue weighted by Gasteiger charge is 2.29. The van der Waals surface area contributed by atoms with Gasteiger partial charge in [-0.05, 0) is 50.1 Å². The number of carbonyl (C=O) groups is 1. The number of aromatic nitrogens is 1. The fraction of sp³-hybridized carbons (Fsp3) is 0.308. The minimum absolute atomic E-state index is 0.225. The molecule has 0 saturated heterocycles. The summed E-state index contributed by atoms with van der Waals surface area (Å²) in [6.07, 6.45) is 0.938. The standard InChI is InChI=1S/C26H27N3O3S2/c1-15(2)29-13-12-16-21(14-29)34-26(22(16)25-27-18-9-5-6-11-20(18)33-25)28-24(30)17-8-7-10-19(31-3)23(17)32-4/h5-11,15H,12-14H2,1-4H3,(H,28,30). The number of anilines is 1. The second-order valence-corrected chi connectivity index (χ2v) is 10.6. The first-order valence-electron chi connectivity index (χ1n) is 11.3. The van der Waals surface area contributed by atoms with Crippen molar-refractivity contribution < 1.29 is 14.3 Å². The highest BCUT2D eigenvalue weighted by molar-refractivity contribution is 7.23. The van der Waals surface area contributed by atoms with Gasteiger partial charge in [-0.2, -0.15) is 0 Å². The molecule has 8 heteroatoms. The lowest BCUT2D eigenvalue weighted by atomic mass is 10.0. The molecule has 0 fully saturated rings. The third kappa shape index (κ3) is 4.06. The van der Waals surface area contributed by atoms with Crippen molar-refractivity contribution in [1.29, 1.82) is 0 Å². The second-order valence-electron chi connectivity index (χ2n) is 8.50. The Balaban J connectivity index is 1.59. The molecule has 34 heavy (non-hydrogen) atoms. The number of nitrogens with zero attached hydrogens (tertiary/aromatic N) is 2. The van der Waals surface area contributed by atoms with E-state index in [0.717, 1.165) is 45.3 Å². The van der Waals surface area contributed by atoms with Gasteiger partial charge in [-0.1, -0.05) is 18.2 Å². The van der Waals surface area contributed by atoms with Crippen molar-refractivity contribution in [1.82, 2.24) is 9.88 Å². The van der Waals surface area contributed by atoms with Crippen LogP contribution in [0.2, 0.25) is 0 Å². The topological polar surface area (TPSA) is 63.7 Å². The first kappa shape index (κ1) is 22.8. The molecule has 176 valence electrons. The first-order chi connectivity index (χ1) is 16.5. The molecule has 1 aliphatic rings. The van der Waals surface area contributed by atoms with Gasteiger partial charge in [0.1, 0.15) is 10.0 Å². The van der Waals surface area contributed by atoms with Gasteiger partial charge >= 0.3 is 0 Å². The number of hydrogen-bond donors (Lipinski definition) is 1. The van der Waals surface area contributed by atoms with E-state index in [1.807, 2.05) is 18.2 Å². The van der Waals surface area contributed by atoms with E-state index in [2.05, 4.69) is 30.1 Å². The monoisotopic (exact) mass is 493 g/mol. The molecule has 1 N–H and O–H groups in total. The molecule has 0 unspecified atom stereocenters. The Morgan fingerprint density at radius 2 is 1.91 bits per heavy atom. The van der Waals surface area contributed by atoms with Gasteiger partial charge in [-0.15, -0.1) is 22.7 Å². The van der Waals surface area contributed by atoms with E-state index < -0.39 is 0 Å². The van der Waals surface area contributed by atoms with Crippen molar-refractivity contribution in [2.24, 2.45) is 0 Å². The number of thiazole rings is 1. The number of benzene rings is 2. The lowest BCUT2D eigenvalue weighted by Gasteiger charge is -2.30. The summed E-state index contributed by atoms with van der Waals surface area (Å²) < 4.78 is 12.0. The van der Waals surface area contributed by atoms with Gasteiger partial charge in [0, 0.05) is 29.6 Å². The third-order valence-corrected chi connectivity index (χ3v) is 8.39. The summed E-state index contributed by atoms with van der Waals surface area (Å²) in [4.78, 5) is 22.1. The van der Waals surface area contributed by atoms with Gasteiger partial charge in [0.15, 0.2) is 11.5 Å². The van der Waals surface area contributed by atoms with E-state index in [4.69, 9.17) is 14.5 Å². The van der Waals surface area contributed by atoms with E-state index in [9.17, 15) is 4.79 Å². The number of nitrogens with one attached hydrogen (secondary N) is 1. The normalized spacial score (nSPS) is 13.8. The Labute approximate surface area is 207 Å². The van der Waals surface area contributed by atoms with Crippen LogP contribution in [0.15, 0.2) is 42.5 Å². The molecule has 0 atom stereocenters. The Kier molecular flexibility index (Phi) is 6.29. The molecular weight excluding hydrogens is 466 g/mol. The van der Waals surface area contributed by atoms with Crippen molar-refractivity contribution in [2.45, 2.75) is 32.9 Å². The van der Waals surface area contributed by atoms with Crippen molar-refractivity contribution in [2.75, 3.05) is 26.1 Å².